The molecule has 0 unspecified atom stereocenters. The summed E-state index contributed by atoms with van der Waals surface area (Å²) >= 11 is 0. The fourth-order valence-electron chi connectivity index (χ4n) is 3.18. The first-order chi connectivity index (χ1) is 11.4. The first-order valence-corrected chi connectivity index (χ1v) is 9.22. The number of hydrogen-bond acceptors (Lipinski definition) is 6. The number of amides is 1. The van der Waals surface area contributed by atoms with Gasteiger partial charge in [-0.2, -0.15) is 0 Å². The Hall–Kier alpha value is -0.890. The number of nitrogens with zero attached hydrogens (tertiary/aromatic N) is 4. The smallest absolute Gasteiger partial charge is 0.410 e. The summed E-state index contributed by atoms with van der Waals surface area (Å²) in [6, 6.07) is 0. The lowest BCUT2D eigenvalue weighted by molar-refractivity contribution is 0.0134. The van der Waals surface area contributed by atoms with Crippen LogP contribution in [0.15, 0.2) is 0 Å². The average molecular weight is 342 g/mol. The third-order valence-corrected chi connectivity index (χ3v) is 4.67. The summed E-state index contributed by atoms with van der Waals surface area (Å²) in [6.07, 6.45) is -0.182. The highest BCUT2D eigenvalue weighted by Gasteiger charge is 2.26. The molecule has 0 aliphatic carbocycles. The van der Waals surface area contributed by atoms with E-state index in [0.29, 0.717) is 0 Å². The number of hydrogen-bond donors (Lipinski definition) is 1. The van der Waals surface area contributed by atoms with Crippen molar-refractivity contribution in [1.29, 1.82) is 0 Å². The fourth-order valence-corrected chi connectivity index (χ4v) is 3.18. The molecule has 2 fully saturated rings. The monoisotopic (exact) mass is 341 g/mol. The molecule has 24 heavy (non-hydrogen) atoms. The van der Waals surface area contributed by atoms with Gasteiger partial charge in [0.1, 0.15) is 5.60 Å². The SMILES string of the molecule is CC(C)(C)OC(=O)N1CCN(CCN2CCN(CCN)CC2)CC1. The van der Waals surface area contributed by atoms with Crippen molar-refractivity contribution in [1.82, 2.24) is 19.6 Å². The van der Waals surface area contributed by atoms with Crippen LogP contribution in [-0.4, -0.2) is 110 Å². The van der Waals surface area contributed by atoms with Gasteiger partial charge in [-0.15, -0.1) is 0 Å². The molecule has 2 heterocycles. The van der Waals surface area contributed by atoms with Crippen molar-refractivity contribution < 1.29 is 9.53 Å². The van der Waals surface area contributed by atoms with E-state index in [-0.39, 0.29) is 6.09 Å². The Labute approximate surface area is 146 Å². The maximum atomic E-state index is 12.1. The van der Waals surface area contributed by atoms with E-state index >= 15 is 0 Å². The van der Waals surface area contributed by atoms with Gasteiger partial charge in [-0.25, -0.2) is 4.79 Å². The van der Waals surface area contributed by atoms with Crippen LogP contribution < -0.4 is 5.73 Å². The summed E-state index contributed by atoms with van der Waals surface area (Å²) in [6.45, 7) is 17.6. The molecule has 7 nitrogen and oxygen atoms in total. The Morgan fingerprint density at radius 1 is 0.833 bits per heavy atom. The molecule has 2 N–H and O–H groups in total. The van der Waals surface area contributed by atoms with Crippen molar-refractivity contribution in [3.8, 4) is 0 Å². The van der Waals surface area contributed by atoms with E-state index in [1.54, 1.807) is 0 Å². The second kappa shape index (κ2) is 8.99. The maximum Gasteiger partial charge on any atom is 0.410 e. The van der Waals surface area contributed by atoms with Crippen molar-refractivity contribution in [2.24, 2.45) is 5.73 Å². The molecule has 0 aromatic rings. The van der Waals surface area contributed by atoms with Crippen LogP contribution in [0.5, 0.6) is 0 Å². The van der Waals surface area contributed by atoms with E-state index in [0.717, 1.165) is 78.5 Å². The van der Waals surface area contributed by atoms with E-state index < -0.39 is 5.60 Å². The lowest BCUT2D eigenvalue weighted by atomic mass is 10.2. The molecule has 140 valence electrons. The lowest BCUT2D eigenvalue weighted by Crippen LogP contribution is -2.53. The predicted octanol–water partition coefficient (Wildman–Crippen LogP) is 0.115. The van der Waals surface area contributed by atoms with Crippen LogP contribution in [0, 0.1) is 0 Å². The summed E-state index contributed by atoms with van der Waals surface area (Å²) in [4.78, 5) is 21.3. The highest BCUT2D eigenvalue weighted by molar-refractivity contribution is 5.68. The Morgan fingerprint density at radius 2 is 1.25 bits per heavy atom. The van der Waals surface area contributed by atoms with Gasteiger partial charge in [0.25, 0.3) is 0 Å². The van der Waals surface area contributed by atoms with Gasteiger partial charge in [-0.05, 0) is 20.8 Å². The van der Waals surface area contributed by atoms with Crippen LogP contribution in [0.1, 0.15) is 20.8 Å². The van der Waals surface area contributed by atoms with E-state index in [2.05, 4.69) is 14.7 Å². The van der Waals surface area contributed by atoms with Crippen LogP contribution in [-0.2, 0) is 4.74 Å². The van der Waals surface area contributed by atoms with Gasteiger partial charge in [0.15, 0.2) is 0 Å². The quantitative estimate of drug-likeness (QED) is 0.766. The van der Waals surface area contributed by atoms with Crippen LogP contribution in [0.25, 0.3) is 0 Å². The first-order valence-electron chi connectivity index (χ1n) is 9.22. The molecule has 2 aliphatic heterocycles. The van der Waals surface area contributed by atoms with Crippen molar-refractivity contribution in [3.63, 3.8) is 0 Å². The number of piperazine rings is 2. The standard InChI is InChI=1S/C17H35N5O2/c1-17(2,3)24-16(23)22-14-12-21(13-15-22)11-10-20-8-6-19(5-4-18)7-9-20/h4-15,18H2,1-3H3. The minimum atomic E-state index is -0.416. The van der Waals surface area contributed by atoms with Crippen molar-refractivity contribution in [3.05, 3.63) is 0 Å². The molecule has 0 saturated carbocycles. The van der Waals surface area contributed by atoms with E-state index in [9.17, 15) is 4.79 Å². The summed E-state index contributed by atoms with van der Waals surface area (Å²) < 4.78 is 5.44. The molecule has 1 amide bonds. The van der Waals surface area contributed by atoms with Crippen molar-refractivity contribution in [2.75, 3.05) is 78.5 Å². The topological polar surface area (TPSA) is 65.3 Å². The van der Waals surface area contributed by atoms with Gasteiger partial charge in [0.2, 0.25) is 0 Å². The van der Waals surface area contributed by atoms with Crippen LogP contribution >= 0.6 is 0 Å². The van der Waals surface area contributed by atoms with E-state index in [1.165, 1.54) is 0 Å². The van der Waals surface area contributed by atoms with Gasteiger partial charge in [0, 0.05) is 78.5 Å². The normalized spacial score (nSPS) is 21.9. The Morgan fingerprint density at radius 3 is 1.67 bits per heavy atom. The Bertz CT molecular complexity index is 383. The largest absolute Gasteiger partial charge is 0.444 e. The highest BCUT2D eigenvalue weighted by Crippen LogP contribution is 2.12. The summed E-state index contributed by atoms with van der Waals surface area (Å²) in [7, 11) is 0. The molecule has 7 heteroatoms. The number of carbonyl (C=O) groups excluding carboxylic acids is 1. The lowest BCUT2D eigenvalue weighted by Gasteiger charge is -2.38. The van der Waals surface area contributed by atoms with Gasteiger partial charge in [-0.3, -0.25) is 14.7 Å². The second-order valence-electron chi connectivity index (χ2n) is 7.78. The molecule has 0 atom stereocenters. The second-order valence-corrected chi connectivity index (χ2v) is 7.78. The van der Waals surface area contributed by atoms with E-state index in [1.807, 2.05) is 25.7 Å². The van der Waals surface area contributed by atoms with Crippen molar-refractivity contribution in [2.45, 2.75) is 26.4 Å². The van der Waals surface area contributed by atoms with Crippen LogP contribution in [0.2, 0.25) is 0 Å². The molecular weight excluding hydrogens is 306 g/mol. The molecule has 0 aromatic heterocycles. The number of nitrogens with two attached hydrogens (primary N) is 1. The molecule has 2 aliphatic rings. The third kappa shape index (κ3) is 6.55. The van der Waals surface area contributed by atoms with Crippen LogP contribution in [0.3, 0.4) is 0 Å². The number of carbonyl (C=O) groups is 1. The molecule has 2 rings (SSSR count). The summed E-state index contributed by atoms with van der Waals surface area (Å²) in [5.41, 5.74) is 5.20. The maximum absolute atomic E-state index is 12.1. The minimum absolute atomic E-state index is 0.182. The van der Waals surface area contributed by atoms with Gasteiger partial charge in [0.05, 0.1) is 0 Å². The molecule has 0 aromatic carbocycles. The zero-order valence-electron chi connectivity index (χ0n) is 15.7. The molecule has 0 spiro atoms. The first kappa shape index (κ1) is 19.4. The number of ether oxygens (including phenoxy) is 1. The highest BCUT2D eigenvalue weighted by atomic mass is 16.6. The molecule has 0 radical (unpaired) electrons. The molecule has 0 bridgehead atoms. The zero-order chi connectivity index (χ0) is 17.6. The van der Waals surface area contributed by atoms with E-state index in [4.69, 9.17) is 10.5 Å². The number of rotatable bonds is 5. The van der Waals surface area contributed by atoms with Gasteiger partial charge >= 0.3 is 6.09 Å². The predicted molar refractivity (Wildman–Crippen MR) is 96.2 cm³/mol. The average Bonchev–Trinajstić information content (AvgIpc) is 2.53. The fraction of sp³-hybridized carbons (Fsp3) is 0.941. The minimum Gasteiger partial charge on any atom is -0.444 e. The van der Waals surface area contributed by atoms with Crippen LogP contribution in [0.4, 0.5) is 4.79 Å². The molecular formula is C17H35N5O2. The Balaban J connectivity index is 1.61. The van der Waals surface area contributed by atoms with Gasteiger partial charge in [-0.1, -0.05) is 0 Å². The van der Waals surface area contributed by atoms with Gasteiger partial charge < -0.3 is 15.4 Å². The van der Waals surface area contributed by atoms with Crippen molar-refractivity contribution >= 4 is 6.09 Å². The Kier molecular flexibility index (Phi) is 7.28. The summed E-state index contributed by atoms with van der Waals surface area (Å²) in [5.74, 6) is 0. The third-order valence-electron chi connectivity index (χ3n) is 4.67. The summed E-state index contributed by atoms with van der Waals surface area (Å²) in [5, 5.41) is 0. The zero-order valence-corrected chi connectivity index (χ0v) is 15.7. The molecule has 2 saturated heterocycles.